The van der Waals surface area contributed by atoms with Crippen molar-refractivity contribution >= 4 is 21.8 Å². The number of halogens is 1. The van der Waals surface area contributed by atoms with Crippen LogP contribution in [0.15, 0.2) is 63.6 Å². The third-order valence-electron chi connectivity index (χ3n) is 6.39. The summed E-state index contributed by atoms with van der Waals surface area (Å²) < 4.78 is 6.61. The molecule has 31 heavy (non-hydrogen) atoms. The molecule has 0 spiro atoms. The molecular weight excluding hydrogens is 456 g/mol. The Morgan fingerprint density at radius 2 is 1.87 bits per heavy atom. The number of piperazine rings is 1. The Morgan fingerprint density at radius 1 is 1.10 bits per heavy atom. The molecule has 2 fully saturated rings. The Bertz CT molecular complexity index is 1060. The second-order valence-electron chi connectivity index (χ2n) is 8.36. The first kappa shape index (κ1) is 20.4. The lowest BCUT2D eigenvalue weighted by Gasteiger charge is -2.37. The van der Waals surface area contributed by atoms with E-state index in [0.29, 0.717) is 23.5 Å². The molecule has 1 saturated carbocycles. The fraction of sp³-hybridized carbons (Fsp3) is 0.375. The van der Waals surface area contributed by atoms with Crippen LogP contribution in [0, 0.1) is 5.92 Å². The summed E-state index contributed by atoms with van der Waals surface area (Å²) in [5, 5.41) is 4.14. The molecule has 1 aromatic heterocycles. The molecule has 160 valence electrons. The van der Waals surface area contributed by atoms with Crippen LogP contribution in [0.25, 0.3) is 11.4 Å². The van der Waals surface area contributed by atoms with Crippen LogP contribution in [0.3, 0.4) is 0 Å². The molecule has 1 aliphatic heterocycles. The number of aromatic nitrogens is 2. The van der Waals surface area contributed by atoms with E-state index in [2.05, 4.69) is 50.0 Å². The van der Waals surface area contributed by atoms with Gasteiger partial charge in [0.05, 0.1) is 6.04 Å². The van der Waals surface area contributed by atoms with Crippen LogP contribution in [0.4, 0.5) is 0 Å². The van der Waals surface area contributed by atoms with E-state index in [-0.39, 0.29) is 12.0 Å². The van der Waals surface area contributed by atoms with Crippen molar-refractivity contribution < 1.29 is 9.32 Å². The van der Waals surface area contributed by atoms with Gasteiger partial charge in [-0.2, -0.15) is 4.98 Å². The van der Waals surface area contributed by atoms with Gasteiger partial charge in [-0.1, -0.05) is 63.6 Å². The predicted octanol–water partition coefficient (Wildman–Crippen LogP) is 4.51. The van der Waals surface area contributed by atoms with Crippen molar-refractivity contribution in [3.05, 3.63) is 70.5 Å². The molecule has 6 nitrogen and oxygen atoms in total. The van der Waals surface area contributed by atoms with Crippen molar-refractivity contribution in [2.75, 3.05) is 26.2 Å². The molecule has 3 unspecified atom stereocenters. The van der Waals surface area contributed by atoms with Gasteiger partial charge in [0.25, 0.3) is 0 Å². The lowest BCUT2D eigenvalue weighted by Crippen LogP contribution is -2.49. The summed E-state index contributed by atoms with van der Waals surface area (Å²) in [7, 11) is 0. The van der Waals surface area contributed by atoms with Crippen molar-refractivity contribution in [3.63, 3.8) is 0 Å². The van der Waals surface area contributed by atoms with Crippen LogP contribution in [0.2, 0.25) is 0 Å². The SMILES string of the molecule is CC(c1nc(-c2ccccc2)no1)N1CCN(C(=O)C2CC2c2cccc(Br)c2)CC1. The highest BCUT2D eigenvalue weighted by atomic mass is 79.9. The van der Waals surface area contributed by atoms with E-state index >= 15 is 0 Å². The van der Waals surface area contributed by atoms with Gasteiger partial charge in [0.15, 0.2) is 0 Å². The monoisotopic (exact) mass is 480 g/mol. The summed E-state index contributed by atoms with van der Waals surface area (Å²) in [5.41, 5.74) is 2.20. The molecule has 0 bridgehead atoms. The molecule has 0 N–H and O–H groups in total. The predicted molar refractivity (Wildman–Crippen MR) is 121 cm³/mol. The highest BCUT2D eigenvalue weighted by Gasteiger charge is 2.46. The summed E-state index contributed by atoms with van der Waals surface area (Å²) >= 11 is 3.53. The molecule has 1 saturated heterocycles. The maximum absolute atomic E-state index is 13.0. The van der Waals surface area contributed by atoms with Gasteiger partial charge in [0.2, 0.25) is 17.6 Å². The maximum Gasteiger partial charge on any atom is 0.244 e. The van der Waals surface area contributed by atoms with E-state index < -0.39 is 0 Å². The third kappa shape index (κ3) is 4.29. The van der Waals surface area contributed by atoms with Gasteiger partial charge in [-0.15, -0.1) is 0 Å². The van der Waals surface area contributed by atoms with E-state index in [1.54, 1.807) is 0 Å². The van der Waals surface area contributed by atoms with Crippen LogP contribution in [0.1, 0.15) is 36.8 Å². The average Bonchev–Trinajstić information content (AvgIpc) is 3.46. The minimum atomic E-state index is 0.0255. The summed E-state index contributed by atoms with van der Waals surface area (Å²) in [6.07, 6.45) is 0.955. The van der Waals surface area contributed by atoms with E-state index in [0.717, 1.165) is 42.6 Å². The topological polar surface area (TPSA) is 62.5 Å². The third-order valence-corrected chi connectivity index (χ3v) is 6.88. The van der Waals surface area contributed by atoms with Crippen LogP contribution >= 0.6 is 15.9 Å². The molecule has 3 atom stereocenters. The molecule has 2 heterocycles. The van der Waals surface area contributed by atoms with Gasteiger partial charge < -0.3 is 9.42 Å². The first-order valence-electron chi connectivity index (χ1n) is 10.8. The van der Waals surface area contributed by atoms with Crippen molar-refractivity contribution in [2.45, 2.75) is 25.3 Å². The first-order valence-corrected chi connectivity index (χ1v) is 11.6. The van der Waals surface area contributed by atoms with Crippen molar-refractivity contribution in [1.82, 2.24) is 19.9 Å². The molecule has 7 heteroatoms. The normalized spacial score (nSPS) is 22.3. The highest BCUT2D eigenvalue weighted by molar-refractivity contribution is 9.10. The van der Waals surface area contributed by atoms with E-state index in [9.17, 15) is 4.79 Å². The molecule has 1 aliphatic carbocycles. The smallest absolute Gasteiger partial charge is 0.244 e. The highest BCUT2D eigenvalue weighted by Crippen LogP contribution is 2.49. The fourth-order valence-electron chi connectivity index (χ4n) is 4.40. The zero-order valence-corrected chi connectivity index (χ0v) is 19.0. The Labute approximate surface area is 190 Å². The van der Waals surface area contributed by atoms with Crippen LogP contribution in [-0.4, -0.2) is 52.0 Å². The van der Waals surface area contributed by atoms with Gasteiger partial charge >= 0.3 is 0 Å². The zero-order valence-electron chi connectivity index (χ0n) is 17.4. The number of hydrogen-bond acceptors (Lipinski definition) is 5. The summed E-state index contributed by atoms with van der Waals surface area (Å²) in [5.74, 6) is 2.01. The summed E-state index contributed by atoms with van der Waals surface area (Å²) in [4.78, 5) is 21.9. The van der Waals surface area contributed by atoms with E-state index in [4.69, 9.17) is 4.52 Å². The number of amides is 1. The van der Waals surface area contributed by atoms with Gasteiger partial charge in [0.1, 0.15) is 0 Å². The number of benzene rings is 2. The Hall–Kier alpha value is -2.51. The zero-order chi connectivity index (χ0) is 21.4. The lowest BCUT2D eigenvalue weighted by molar-refractivity contribution is -0.134. The van der Waals surface area contributed by atoms with Gasteiger partial charge in [0, 0.05) is 42.1 Å². The molecule has 3 aromatic rings. The average molecular weight is 481 g/mol. The van der Waals surface area contributed by atoms with Gasteiger partial charge in [-0.25, -0.2) is 0 Å². The second kappa shape index (κ2) is 8.55. The Morgan fingerprint density at radius 3 is 2.61 bits per heavy atom. The number of carbonyl (C=O) groups is 1. The van der Waals surface area contributed by atoms with Crippen molar-refractivity contribution in [3.8, 4) is 11.4 Å². The molecule has 2 aliphatic rings. The number of nitrogens with zero attached hydrogens (tertiary/aromatic N) is 4. The quantitative estimate of drug-likeness (QED) is 0.537. The molecule has 0 radical (unpaired) electrons. The Kier molecular flexibility index (Phi) is 5.63. The van der Waals surface area contributed by atoms with Gasteiger partial charge in [-0.05, 0) is 37.0 Å². The van der Waals surface area contributed by atoms with Crippen molar-refractivity contribution in [2.24, 2.45) is 5.92 Å². The van der Waals surface area contributed by atoms with Crippen LogP contribution in [-0.2, 0) is 4.79 Å². The minimum Gasteiger partial charge on any atom is -0.340 e. The van der Waals surface area contributed by atoms with Crippen molar-refractivity contribution in [1.29, 1.82) is 0 Å². The largest absolute Gasteiger partial charge is 0.340 e. The number of rotatable bonds is 5. The molecular formula is C24H25BrN4O2. The van der Waals surface area contributed by atoms with E-state index in [1.807, 2.05) is 47.4 Å². The Balaban J connectivity index is 1.16. The van der Waals surface area contributed by atoms with Crippen LogP contribution < -0.4 is 0 Å². The molecule has 1 amide bonds. The molecule has 5 rings (SSSR count). The van der Waals surface area contributed by atoms with Crippen LogP contribution in [0.5, 0.6) is 0 Å². The standard InChI is InChI=1S/C24H25BrN4O2/c1-16(23-26-22(27-31-23)17-6-3-2-4-7-17)28-10-12-29(13-11-28)24(30)21-15-20(21)18-8-5-9-19(25)14-18/h2-9,14,16,20-21H,10-13,15H2,1H3. The van der Waals surface area contributed by atoms with E-state index in [1.165, 1.54) is 5.56 Å². The first-order chi connectivity index (χ1) is 15.1. The summed E-state index contributed by atoms with van der Waals surface area (Å²) in [6, 6.07) is 18.2. The number of hydrogen-bond donors (Lipinski definition) is 0. The summed E-state index contributed by atoms with van der Waals surface area (Å²) in [6.45, 7) is 5.19. The molecule has 2 aromatic carbocycles. The maximum atomic E-state index is 13.0. The fourth-order valence-corrected chi connectivity index (χ4v) is 4.82. The lowest BCUT2D eigenvalue weighted by atomic mass is 10.1. The van der Waals surface area contributed by atoms with Gasteiger partial charge in [-0.3, -0.25) is 9.69 Å². The minimum absolute atomic E-state index is 0.0255. The number of carbonyl (C=O) groups excluding carboxylic acids is 1. The second-order valence-corrected chi connectivity index (χ2v) is 9.28.